The number of nitrogens with zero attached hydrogens (tertiary/aromatic N) is 5. The number of fused-ring (bicyclic) bond motifs is 2. The second-order valence-electron chi connectivity index (χ2n) is 17.6. The Balaban J connectivity index is 1.08. The average Bonchev–Trinajstić information content (AvgIpc) is 4.12. The fourth-order valence-electron chi connectivity index (χ4n) is 9.77. The highest BCUT2D eigenvalue weighted by atomic mass is 19.3. The summed E-state index contributed by atoms with van der Waals surface area (Å²) in [6.07, 6.45) is 2.57. The summed E-state index contributed by atoms with van der Waals surface area (Å²) in [4.78, 5) is 73.9. The molecule has 0 radical (unpaired) electrons. The lowest BCUT2D eigenvalue weighted by Crippen LogP contribution is -2.51. The van der Waals surface area contributed by atoms with Crippen molar-refractivity contribution in [2.24, 2.45) is 11.8 Å². The molecule has 6 atom stereocenters. The number of alkyl halides is 2. The number of nitrogens with one attached hydrogen (secondary N) is 4. The number of aromatic nitrogens is 4. The number of hydrogen-bond donors (Lipinski definition) is 5. The van der Waals surface area contributed by atoms with Gasteiger partial charge < -0.3 is 49.9 Å². The van der Waals surface area contributed by atoms with Crippen LogP contribution >= 0.6 is 0 Å². The predicted molar refractivity (Wildman–Crippen MR) is 234 cm³/mol. The third-order valence-corrected chi connectivity index (χ3v) is 12.9. The Kier molecular flexibility index (Phi) is 12.6. The van der Waals surface area contributed by atoms with E-state index in [4.69, 9.17) is 19.4 Å². The number of likely N-dealkylation sites (tertiary alicyclic amines) is 2. The van der Waals surface area contributed by atoms with E-state index in [0.717, 1.165) is 64.6 Å². The van der Waals surface area contributed by atoms with Crippen molar-refractivity contribution in [3.63, 3.8) is 0 Å². The van der Waals surface area contributed by atoms with Gasteiger partial charge in [-0.3, -0.25) is 9.59 Å². The molecule has 0 unspecified atom stereocenters. The summed E-state index contributed by atoms with van der Waals surface area (Å²) in [7, 11) is 1.27. The van der Waals surface area contributed by atoms with E-state index in [1.165, 1.54) is 7.11 Å². The molecule has 2 aromatic heterocycles. The zero-order chi connectivity index (χ0) is 45.4. The second-order valence-corrected chi connectivity index (χ2v) is 17.6. The maximum Gasteiger partial charge on any atom is 0.407 e. The average molecular weight is 884 g/mol. The van der Waals surface area contributed by atoms with E-state index in [2.05, 4.69) is 49.8 Å². The molecule has 3 aromatic carbocycles. The third kappa shape index (κ3) is 8.86. The summed E-state index contributed by atoms with van der Waals surface area (Å²) < 4.78 is 35.8. The van der Waals surface area contributed by atoms with Crippen LogP contribution in [0.25, 0.3) is 22.1 Å². The van der Waals surface area contributed by atoms with Gasteiger partial charge in [-0.25, -0.2) is 19.6 Å². The van der Waals surface area contributed by atoms with E-state index in [-0.39, 0.29) is 53.6 Å². The molecule has 3 aliphatic rings. The molecule has 0 saturated carbocycles. The van der Waals surface area contributed by atoms with E-state index in [1.54, 1.807) is 34.1 Å². The number of aromatic amines is 2. The highest BCUT2D eigenvalue weighted by Gasteiger charge is 2.40. The number of imidazole rings is 2. The number of carbonyl (C=O) groups is 4. The van der Waals surface area contributed by atoms with Crippen LogP contribution in [0.3, 0.4) is 0 Å². The monoisotopic (exact) mass is 883 g/mol. The minimum atomic E-state index is -2.95. The molecule has 5 aromatic rings. The van der Waals surface area contributed by atoms with Gasteiger partial charge in [0, 0.05) is 18.8 Å². The molecule has 0 spiro atoms. The molecule has 4 amide bonds. The standard InChI is InChI=1S/C46H55F2N9O7/c1-24(2)38(53-45(60)61)42(58)55-20-6-8-36(55)40-49-30-16-10-26(22-32(30)51-40)34-18-19-35(57(34)28-12-14-29(15-13-28)64-44(47)48)27-11-17-31-33(23-27)52-41(50-31)37-9-7-21-56(37)43(59)39(25(3)4)54-46(62)63-5/h10-17,22-25,34-39,44,53H,6-9,18-21H2,1-5H3,(H,49,51)(H,50,52)(H,54,62)(H,60,61)/t34-,35-,36+,37+,38+,39+/m1/s1. The lowest BCUT2D eigenvalue weighted by molar-refractivity contribution is -0.136. The first-order chi connectivity index (χ1) is 30.7. The molecule has 0 bridgehead atoms. The van der Waals surface area contributed by atoms with Crippen LogP contribution in [0.4, 0.5) is 24.1 Å². The predicted octanol–water partition coefficient (Wildman–Crippen LogP) is 8.12. The van der Waals surface area contributed by atoms with Crippen LogP contribution < -0.4 is 20.3 Å². The molecular weight excluding hydrogens is 829 g/mol. The Bertz CT molecular complexity index is 2510. The Morgan fingerprint density at radius 1 is 0.703 bits per heavy atom. The summed E-state index contributed by atoms with van der Waals surface area (Å²) in [5.74, 6) is 0.499. The van der Waals surface area contributed by atoms with Crippen molar-refractivity contribution in [2.45, 2.75) is 109 Å². The lowest BCUT2D eigenvalue weighted by atomic mass is 10.0. The molecule has 3 saturated heterocycles. The molecule has 64 heavy (non-hydrogen) atoms. The number of rotatable bonds is 13. The van der Waals surface area contributed by atoms with Crippen molar-refractivity contribution >= 4 is 51.8 Å². The van der Waals surface area contributed by atoms with E-state index in [0.29, 0.717) is 37.6 Å². The number of halogens is 2. The first kappa shape index (κ1) is 44.2. The van der Waals surface area contributed by atoms with Crippen LogP contribution in [-0.2, 0) is 14.3 Å². The first-order valence-corrected chi connectivity index (χ1v) is 22.0. The van der Waals surface area contributed by atoms with Gasteiger partial charge in [-0.05, 0) is 110 Å². The first-order valence-electron chi connectivity index (χ1n) is 22.0. The fourth-order valence-corrected chi connectivity index (χ4v) is 9.77. The van der Waals surface area contributed by atoms with Crippen LogP contribution in [0.1, 0.15) is 113 Å². The number of alkyl carbamates (subject to hydrolysis) is 1. The van der Waals surface area contributed by atoms with Gasteiger partial charge in [-0.1, -0.05) is 39.8 Å². The van der Waals surface area contributed by atoms with Gasteiger partial charge >= 0.3 is 18.8 Å². The van der Waals surface area contributed by atoms with Crippen molar-refractivity contribution in [1.82, 2.24) is 40.4 Å². The van der Waals surface area contributed by atoms with E-state index < -0.39 is 30.9 Å². The fraction of sp³-hybridized carbons (Fsp3) is 0.478. The van der Waals surface area contributed by atoms with Crippen LogP contribution in [0, 0.1) is 11.8 Å². The minimum absolute atomic E-state index is 0.0557. The number of carboxylic acid groups (broad SMARTS) is 1. The molecule has 340 valence electrons. The zero-order valence-corrected chi connectivity index (χ0v) is 36.5. The maximum atomic E-state index is 13.8. The molecule has 8 rings (SSSR count). The molecule has 5 N–H and O–H groups in total. The van der Waals surface area contributed by atoms with E-state index in [1.807, 2.05) is 39.8 Å². The lowest BCUT2D eigenvalue weighted by Gasteiger charge is -2.33. The number of hydrogen-bond acceptors (Lipinski definition) is 9. The Hall–Kier alpha value is -6.46. The second kappa shape index (κ2) is 18.3. The number of ether oxygens (including phenoxy) is 2. The molecule has 5 heterocycles. The summed E-state index contributed by atoms with van der Waals surface area (Å²) in [6.45, 7) is 5.46. The number of benzene rings is 3. The highest BCUT2D eigenvalue weighted by Crippen LogP contribution is 2.48. The van der Waals surface area contributed by atoms with E-state index in [9.17, 15) is 33.1 Å². The van der Waals surface area contributed by atoms with Crippen molar-refractivity contribution in [3.8, 4) is 5.75 Å². The SMILES string of the molecule is COC(=O)N[C@H](C(=O)N1CCC[C@H]1c1nc2cc([C@H]3CC[C@H](c4ccc5[nH]c([C@@H]6CCCN6C(=O)[C@@H](NC(=O)O)C(C)C)nc5c4)N3c3ccc(OC(F)F)cc3)ccc2[nH]1)C(C)C. The Labute approximate surface area is 369 Å². The van der Waals surface area contributed by atoms with Crippen molar-refractivity contribution in [2.75, 3.05) is 25.1 Å². The number of amides is 4. The molecular formula is C46H55F2N9O7. The van der Waals surface area contributed by atoms with Gasteiger partial charge in [0.25, 0.3) is 0 Å². The zero-order valence-electron chi connectivity index (χ0n) is 36.5. The van der Waals surface area contributed by atoms with Crippen molar-refractivity contribution < 1.29 is 42.5 Å². The van der Waals surface area contributed by atoms with Gasteiger partial charge in [0.1, 0.15) is 29.5 Å². The largest absolute Gasteiger partial charge is 0.465 e. The molecule has 3 fully saturated rings. The van der Waals surface area contributed by atoms with Gasteiger partial charge in [-0.2, -0.15) is 8.78 Å². The van der Waals surface area contributed by atoms with E-state index >= 15 is 0 Å². The maximum absolute atomic E-state index is 13.8. The topological polar surface area (TPSA) is 198 Å². The normalized spacial score (nSPS) is 21.1. The molecule has 18 heteroatoms. The summed E-state index contributed by atoms with van der Waals surface area (Å²) in [5, 5.41) is 14.5. The summed E-state index contributed by atoms with van der Waals surface area (Å²) in [6, 6.07) is 16.4. The van der Waals surface area contributed by atoms with Crippen LogP contribution in [0.5, 0.6) is 5.75 Å². The van der Waals surface area contributed by atoms with Gasteiger partial charge in [0.05, 0.1) is 53.3 Å². The molecule has 3 aliphatic heterocycles. The summed E-state index contributed by atoms with van der Waals surface area (Å²) >= 11 is 0. The van der Waals surface area contributed by atoms with Crippen molar-refractivity contribution in [1.29, 1.82) is 0 Å². The van der Waals surface area contributed by atoms with Gasteiger partial charge in [0.2, 0.25) is 11.8 Å². The molecule has 16 nitrogen and oxygen atoms in total. The third-order valence-electron chi connectivity index (χ3n) is 12.9. The van der Waals surface area contributed by atoms with Gasteiger partial charge in [0.15, 0.2) is 0 Å². The quantitative estimate of drug-likeness (QED) is 0.0770. The number of H-pyrrole nitrogens is 2. The number of carbonyl (C=O) groups excluding carboxylic acids is 3. The van der Waals surface area contributed by atoms with Crippen LogP contribution in [0.2, 0.25) is 0 Å². The Morgan fingerprint density at radius 2 is 1.19 bits per heavy atom. The van der Waals surface area contributed by atoms with Crippen LogP contribution in [0.15, 0.2) is 60.7 Å². The van der Waals surface area contributed by atoms with Crippen LogP contribution in [-0.4, -0.2) is 97.7 Å². The minimum Gasteiger partial charge on any atom is -0.465 e. The van der Waals surface area contributed by atoms with Gasteiger partial charge in [-0.15, -0.1) is 0 Å². The number of anilines is 1. The summed E-state index contributed by atoms with van der Waals surface area (Å²) in [5.41, 5.74) is 5.92. The van der Waals surface area contributed by atoms with Crippen molar-refractivity contribution in [3.05, 3.63) is 83.4 Å². The number of methoxy groups -OCH3 is 1. The molecule has 0 aliphatic carbocycles. The smallest absolute Gasteiger partial charge is 0.407 e. The highest BCUT2D eigenvalue weighted by molar-refractivity contribution is 5.87. The Morgan fingerprint density at radius 3 is 1.62 bits per heavy atom.